The highest BCUT2D eigenvalue weighted by Crippen LogP contribution is 2.37. The summed E-state index contributed by atoms with van der Waals surface area (Å²) < 4.78 is 0.944. The van der Waals surface area contributed by atoms with E-state index in [4.69, 9.17) is 15.0 Å². The van der Waals surface area contributed by atoms with Gasteiger partial charge in [-0.25, -0.2) is 15.0 Å². The molecule has 0 saturated carbocycles. The SMILES string of the molecule is Brc1cc(-c2ccc(N(c3ccccc3)c3ccccc3)cc2)cc(-c2nc(-c3ccc4ccccc4c3)nc(-c3ccc4ccccc4c3)n2)c1. The van der Waals surface area contributed by atoms with Crippen molar-refractivity contribution in [1.29, 1.82) is 0 Å². The van der Waals surface area contributed by atoms with E-state index >= 15 is 0 Å². The second-order valence-electron chi connectivity index (χ2n) is 12.7. The lowest BCUT2D eigenvalue weighted by molar-refractivity contribution is 1.07. The molecule has 1 aromatic heterocycles. The summed E-state index contributed by atoms with van der Waals surface area (Å²) in [6.07, 6.45) is 0. The number of nitrogens with zero attached hydrogens (tertiary/aromatic N) is 4. The molecular formula is C47H31BrN4. The van der Waals surface area contributed by atoms with E-state index in [-0.39, 0.29) is 0 Å². The fourth-order valence-electron chi connectivity index (χ4n) is 6.71. The number of rotatable bonds is 7. The molecule has 4 nitrogen and oxygen atoms in total. The van der Waals surface area contributed by atoms with Crippen molar-refractivity contribution in [3.05, 3.63) is 193 Å². The number of halogens is 1. The summed E-state index contributed by atoms with van der Waals surface area (Å²) in [5.74, 6) is 1.87. The van der Waals surface area contributed by atoms with Crippen molar-refractivity contribution in [2.24, 2.45) is 0 Å². The van der Waals surface area contributed by atoms with Gasteiger partial charge in [-0.3, -0.25) is 0 Å². The number of benzene rings is 8. The van der Waals surface area contributed by atoms with Crippen LogP contribution in [0.4, 0.5) is 17.1 Å². The molecule has 0 radical (unpaired) electrons. The van der Waals surface area contributed by atoms with Crippen LogP contribution in [-0.2, 0) is 0 Å². The zero-order valence-electron chi connectivity index (χ0n) is 28.1. The molecule has 0 amide bonds. The van der Waals surface area contributed by atoms with Gasteiger partial charge in [-0.1, -0.05) is 137 Å². The summed E-state index contributed by atoms with van der Waals surface area (Å²) in [4.78, 5) is 17.5. The van der Waals surface area contributed by atoms with Gasteiger partial charge in [0.1, 0.15) is 0 Å². The van der Waals surface area contributed by atoms with Gasteiger partial charge in [-0.15, -0.1) is 0 Å². The molecule has 8 aromatic carbocycles. The van der Waals surface area contributed by atoms with Crippen LogP contribution in [0.2, 0.25) is 0 Å². The molecule has 0 bridgehead atoms. The van der Waals surface area contributed by atoms with Crippen molar-refractivity contribution in [3.8, 4) is 45.3 Å². The molecule has 0 spiro atoms. The summed E-state index contributed by atoms with van der Waals surface area (Å²) in [5, 5.41) is 4.63. The highest BCUT2D eigenvalue weighted by atomic mass is 79.9. The van der Waals surface area contributed by atoms with E-state index in [9.17, 15) is 0 Å². The monoisotopic (exact) mass is 730 g/mol. The Bertz CT molecular complexity index is 2560. The van der Waals surface area contributed by atoms with Crippen LogP contribution in [0.15, 0.2) is 193 Å². The smallest absolute Gasteiger partial charge is 0.164 e. The Balaban J connectivity index is 1.14. The molecule has 0 atom stereocenters. The topological polar surface area (TPSA) is 41.9 Å². The molecule has 0 N–H and O–H groups in total. The van der Waals surface area contributed by atoms with Gasteiger partial charge in [0.25, 0.3) is 0 Å². The van der Waals surface area contributed by atoms with E-state index in [0.29, 0.717) is 17.5 Å². The second-order valence-corrected chi connectivity index (χ2v) is 13.6. The normalized spacial score (nSPS) is 11.2. The van der Waals surface area contributed by atoms with Crippen LogP contribution in [0.5, 0.6) is 0 Å². The number of aromatic nitrogens is 3. The minimum Gasteiger partial charge on any atom is -0.311 e. The molecule has 52 heavy (non-hydrogen) atoms. The first-order valence-electron chi connectivity index (χ1n) is 17.2. The van der Waals surface area contributed by atoms with E-state index in [1.807, 2.05) is 12.1 Å². The first-order chi connectivity index (χ1) is 25.6. The molecule has 0 fully saturated rings. The molecule has 246 valence electrons. The molecule has 1 heterocycles. The lowest BCUT2D eigenvalue weighted by Crippen LogP contribution is -2.09. The second kappa shape index (κ2) is 13.7. The summed E-state index contributed by atoms with van der Waals surface area (Å²) in [6.45, 7) is 0. The van der Waals surface area contributed by atoms with E-state index in [2.05, 4.69) is 197 Å². The molecule has 0 aliphatic carbocycles. The third-order valence-corrected chi connectivity index (χ3v) is 9.75. The van der Waals surface area contributed by atoms with E-state index in [1.165, 1.54) is 10.8 Å². The molecule has 0 aliphatic heterocycles. The van der Waals surface area contributed by atoms with Crippen LogP contribution in [-0.4, -0.2) is 15.0 Å². The molecule has 9 aromatic rings. The van der Waals surface area contributed by atoms with Crippen molar-refractivity contribution in [2.75, 3.05) is 4.90 Å². The van der Waals surface area contributed by atoms with Gasteiger partial charge < -0.3 is 4.90 Å². The summed E-state index contributed by atoms with van der Waals surface area (Å²) in [5.41, 5.74) is 8.21. The Morgan fingerprint density at radius 3 is 1.23 bits per heavy atom. The molecule has 0 aliphatic rings. The third-order valence-electron chi connectivity index (χ3n) is 9.29. The standard InChI is InChI=1S/C47H31BrN4/c48-41-30-39(34-23-25-44(26-24-34)52(42-15-3-1-4-16-42)43-17-5-2-6-18-43)29-40(31-41)47-50-45(37-21-19-32-11-7-9-13-35(32)27-37)49-46(51-47)38-22-20-33-12-8-10-14-36(33)28-38/h1-31H. The van der Waals surface area contributed by atoms with Crippen LogP contribution in [0.1, 0.15) is 0 Å². The average Bonchev–Trinajstić information content (AvgIpc) is 3.21. The maximum atomic E-state index is 5.10. The van der Waals surface area contributed by atoms with E-state index in [0.717, 1.165) is 60.1 Å². The maximum Gasteiger partial charge on any atom is 0.164 e. The zero-order chi connectivity index (χ0) is 34.9. The Hall–Kier alpha value is -6.43. The van der Waals surface area contributed by atoms with Crippen LogP contribution in [0.25, 0.3) is 66.8 Å². The van der Waals surface area contributed by atoms with Gasteiger partial charge in [-0.05, 0) is 99.4 Å². The van der Waals surface area contributed by atoms with Gasteiger partial charge >= 0.3 is 0 Å². The maximum absolute atomic E-state index is 5.10. The van der Waals surface area contributed by atoms with Crippen molar-refractivity contribution in [2.45, 2.75) is 0 Å². The zero-order valence-corrected chi connectivity index (χ0v) is 29.7. The molecular weight excluding hydrogens is 700 g/mol. The van der Waals surface area contributed by atoms with Crippen molar-refractivity contribution >= 4 is 54.5 Å². The van der Waals surface area contributed by atoms with Crippen molar-refractivity contribution in [1.82, 2.24) is 15.0 Å². The predicted octanol–water partition coefficient (Wildman–Crippen LogP) is 13.1. The summed E-state index contributed by atoms with van der Waals surface area (Å²) in [6, 6.07) is 65.4. The van der Waals surface area contributed by atoms with Gasteiger partial charge in [0, 0.05) is 38.2 Å². The van der Waals surface area contributed by atoms with Crippen LogP contribution >= 0.6 is 15.9 Å². The molecule has 5 heteroatoms. The van der Waals surface area contributed by atoms with Crippen LogP contribution in [0.3, 0.4) is 0 Å². The Morgan fingerprint density at radius 1 is 0.308 bits per heavy atom. The highest BCUT2D eigenvalue weighted by molar-refractivity contribution is 9.10. The van der Waals surface area contributed by atoms with E-state index in [1.54, 1.807) is 0 Å². The van der Waals surface area contributed by atoms with Gasteiger partial charge in [0.2, 0.25) is 0 Å². The molecule has 0 saturated heterocycles. The quantitative estimate of drug-likeness (QED) is 0.164. The summed E-state index contributed by atoms with van der Waals surface area (Å²) in [7, 11) is 0. The Labute approximate surface area is 310 Å². The predicted molar refractivity (Wildman–Crippen MR) is 219 cm³/mol. The number of para-hydroxylation sites is 2. The minimum atomic E-state index is 0.611. The fraction of sp³-hybridized carbons (Fsp3) is 0. The number of fused-ring (bicyclic) bond motifs is 2. The van der Waals surface area contributed by atoms with Crippen molar-refractivity contribution < 1.29 is 0 Å². The highest BCUT2D eigenvalue weighted by Gasteiger charge is 2.16. The lowest BCUT2D eigenvalue weighted by atomic mass is 10.0. The molecule has 0 unspecified atom stereocenters. The first kappa shape index (κ1) is 31.5. The fourth-order valence-corrected chi connectivity index (χ4v) is 7.20. The minimum absolute atomic E-state index is 0.611. The number of hydrogen-bond acceptors (Lipinski definition) is 4. The first-order valence-corrected chi connectivity index (χ1v) is 18.0. The third kappa shape index (κ3) is 6.34. The van der Waals surface area contributed by atoms with Gasteiger partial charge in [0.15, 0.2) is 17.5 Å². The van der Waals surface area contributed by atoms with Crippen molar-refractivity contribution in [3.63, 3.8) is 0 Å². The lowest BCUT2D eigenvalue weighted by Gasteiger charge is -2.25. The Kier molecular flexibility index (Phi) is 8.31. The largest absolute Gasteiger partial charge is 0.311 e. The van der Waals surface area contributed by atoms with Crippen LogP contribution in [0, 0.1) is 0 Å². The van der Waals surface area contributed by atoms with Crippen LogP contribution < -0.4 is 4.90 Å². The average molecular weight is 732 g/mol. The van der Waals surface area contributed by atoms with E-state index < -0.39 is 0 Å². The number of hydrogen-bond donors (Lipinski definition) is 0. The summed E-state index contributed by atoms with van der Waals surface area (Å²) >= 11 is 3.81. The number of anilines is 3. The molecule has 9 rings (SSSR count). The van der Waals surface area contributed by atoms with Gasteiger partial charge in [-0.2, -0.15) is 0 Å². The Morgan fingerprint density at radius 2 is 0.712 bits per heavy atom. The van der Waals surface area contributed by atoms with Gasteiger partial charge in [0.05, 0.1) is 0 Å².